The predicted molar refractivity (Wildman–Crippen MR) is 101 cm³/mol. The summed E-state index contributed by atoms with van der Waals surface area (Å²) in [6.07, 6.45) is 0. The number of aromatic nitrogens is 1. The highest BCUT2D eigenvalue weighted by Crippen LogP contribution is 2.20. The van der Waals surface area contributed by atoms with Crippen molar-refractivity contribution in [3.05, 3.63) is 94.4 Å². The molecule has 2 N–H and O–H groups in total. The van der Waals surface area contributed by atoms with Crippen molar-refractivity contribution in [1.29, 1.82) is 0 Å². The first-order chi connectivity index (χ1) is 14.0. The first-order valence-electron chi connectivity index (χ1n) is 8.70. The van der Waals surface area contributed by atoms with Crippen LogP contribution in [0.5, 0.6) is 5.88 Å². The molecule has 0 radical (unpaired) electrons. The van der Waals surface area contributed by atoms with E-state index >= 15 is 0 Å². The number of nitrogens with zero attached hydrogens (tertiary/aromatic N) is 2. The molecule has 2 aromatic carbocycles. The largest absolute Gasteiger partial charge is 0.472 e. The molecule has 0 bridgehead atoms. The SMILES string of the molecule is Cc1ccc(C(=NCc2c(F)cccc2F)NO)c(OCc2cccc(F)c2)n1. The van der Waals surface area contributed by atoms with Crippen LogP contribution in [0.1, 0.15) is 22.4 Å². The monoisotopic (exact) mass is 401 g/mol. The lowest BCUT2D eigenvalue weighted by Crippen LogP contribution is -2.22. The summed E-state index contributed by atoms with van der Waals surface area (Å²) in [5.74, 6) is -1.82. The maximum atomic E-state index is 13.8. The van der Waals surface area contributed by atoms with E-state index in [1.54, 1.807) is 31.2 Å². The van der Waals surface area contributed by atoms with Crippen LogP contribution >= 0.6 is 0 Å². The second kappa shape index (κ2) is 9.20. The third kappa shape index (κ3) is 5.11. The Labute approximate surface area is 165 Å². The molecular weight excluding hydrogens is 383 g/mol. The van der Waals surface area contributed by atoms with Crippen molar-refractivity contribution < 1.29 is 23.1 Å². The fourth-order valence-electron chi connectivity index (χ4n) is 2.62. The van der Waals surface area contributed by atoms with E-state index in [4.69, 9.17) is 4.74 Å². The molecule has 0 fully saturated rings. The van der Waals surface area contributed by atoms with Crippen LogP contribution in [0, 0.1) is 24.4 Å². The van der Waals surface area contributed by atoms with E-state index < -0.39 is 17.5 Å². The molecule has 3 rings (SSSR count). The molecule has 29 heavy (non-hydrogen) atoms. The number of aliphatic imine (C=N–C) groups is 1. The van der Waals surface area contributed by atoms with Gasteiger partial charge in [0.1, 0.15) is 24.1 Å². The van der Waals surface area contributed by atoms with Gasteiger partial charge in [0.05, 0.1) is 12.1 Å². The van der Waals surface area contributed by atoms with E-state index in [1.807, 2.05) is 5.48 Å². The lowest BCUT2D eigenvalue weighted by molar-refractivity contribution is 0.233. The van der Waals surface area contributed by atoms with E-state index in [-0.39, 0.29) is 36.0 Å². The van der Waals surface area contributed by atoms with Crippen molar-refractivity contribution in [3.8, 4) is 5.88 Å². The predicted octanol–water partition coefficient (Wildman–Crippen LogP) is 4.31. The second-order valence-electron chi connectivity index (χ2n) is 6.20. The van der Waals surface area contributed by atoms with Gasteiger partial charge in [-0.05, 0) is 48.9 Å². The van der Waals surface area contributed by atoms with Gasteiger partial charge in [-0.15, -0.1) is 0 Å². The van der Waals surface area contributed by atoms with Crippen molar-refractivity contribution in [2.75, 3.05) is 0 Å². The number of aryl methyl sites for hydroxylation is 1. The molecular formula is C21H18F3N3O2. The summed E-state index contributed by atoms with van der Waals surface area (Å²) >= 11 is 0. The third-order valence-electron chi connectivity index (χ3n) is 4.08. The van der Waals surface area contributed by atoms with Crippen LogP contribution in [0.25, 0.3) is 0 Å². The quantitative estimate of drug-likeness (QED) is 0.367. The van der Waals surface area contributed by atoms with Gasteiger partial charge >= 0.3 is 0 Å². The Bertz CT molecular complexity index is 1020. The van der Waals surface area contributed by atoms with E-state index in [0.29, 0.717) is 11.3 Å². The van der Waals surface area contributed by atoms with Gasteiger partial charge in [-0.2, -0.15) is 0 Å². The van der Waals surface area contributed by atoms with Crippen LogP contribution in [0.15, 0.2) is 59.6 Å². The molecule has 0 aliphatic carbocycles. The van der Waals surface area contributed by atoms with Gasteiger partial charge < -0.3 is 4.74 Å². The maximum Gasteiger partial charge on any atom is 0.225 e. The minimum absolute atomic E-state index is 0.0296. The Morgan fingerprint density at radius 1 is 1.07 bits per heavy atom. The van der Waals surface area contributed by atoms with Crippen molar-refractivity contribution in [2.45, 2.75) is 20.1 Å². The summed E-state index contributed by atoms with van der Waals surface area (Å²) in [5.41, 5.74) is 3.20. The Morgan fingerprint density at radius 3 is 2.48 bits per heavy atom. The first kappa shape index (κ1) is 20.3. The molecule has 5 nitrogen and oxygen atoms in total. The molecule has 150 valence electrons. The summed E-state index contributed by atoms with van der Waals surface area (Å²) in [5, 5.41) is 9.51. The number of halogens is 3. The number of hydrogen-bond donors (Lipinski definition) is 2. The topological polar surface area (TPSA) is 66.7 Å². The molecule has 0 spiro atoms. The third-order valence-corrected chi connectivity index (χ3v) is 4.08. The fourth-order valence-corrected chi connectivity index (χ4v) is 2.62. The van der Waals surface area contributed by atoms with Crippen LogP contribution in [0.4, 0.5) is 13.2 Å². The number of rotatable bonds is 6. The van der Waals surface area contributed by atoms with Gasteiger partial charge in [0.25, 0.3) is 0 Å². The molecule has 0 saturated heterocycles. The molecule has 0 aliphatic heterocycles. The standard InChI is InChI=1S/C21H18F3N3O2/c1-13-8-9-16(21(26-13)29-12-14-4-2-5-15(22)10-14)20(27-28)25-11-17-18(23)6-3-7-19(17)24/h2-10,28H,11-12H2,1H3,(H,25,27). The number of hydroxylamine groups is 1. The molecule has 0 aliphatic rings. The van der Waals surface area contributed by atoms with Crippen molar-refractivity contribution in [3.63, 3.8) is 0 Å². The highest BCUT2D eigenvalue weighted by molar-refractivity contribution is 6.00. The molecule has 0 unspecified atom stereocenters. The highest BCUT2D eigenvalue weighted by Gasteiger charge is 2.14. The molecule has 8 heteroatoms. The van der Waals surface area contributed by atoms with Crippen molar-refractivity contribution in [1.82, 2.24) is 10.5 Å². The minimum atomic E-state index is -0.740. The highest BCUT2D eigenvalue weighted by atomic mass is 19.1. The lowest BCUT2D eigenvalue weighted by atomic mass is 10.2. The minimum Gasteiger partial charge on any atom is -0.472 e. The van der Waals surface area contributed by atoms with Crippen LogP contribution in [-0.4, -0.2) is 16.0 Å². The van der Waals surface area contributed by atoms with Gasteiger partial charge in [0.2, 0.25) is 5.88 Å². The summed E-state index contributed by atoms with van der Waals surface area (Å²) < 4.78 is 46.7. The van der Waals surface area contributed by atoms with Crippen molar-refractivity contribution >= 4 is 5.84 Å². The number of benzene rings is 2. The zero-order valence-corrected chi connectivity index (χ0v) is 15.5. The van der Waals surface area contributed by atoms with Crippen LogP contribution in [0.2, 0.25) is 0 Å². The molecule has 0 atom stereocenters. The first-order valence-corrected chi connectivity index (χ1v) is 8.70. The number of ether oxygens (including phenoxy) is 1. The van der Waals surface area contributed by atoms with Gasteiger partial charge in [0, 0.05) is 11.3 Å². The molecule has 1 aromatic heterocycles. The van der Waals surface area contributed by atoms with E-state index in [1.165, 1.54) is 18.2 Å². The van der Waals surface area contributed by atoms with E-state index in [0.717, 1.165) is 12.1 Å². The normalized spacial score (nSPS) is 11.4. The van der Waals surface area contributed by atoms with Gasteiger partial charge in [-0.1, -0.05) is 18.2 Å². The Balaban J connectivity index is 1.87. The smallest absolute Gasteiger partial charge is 0.225 e. The van der Waals surface area contributed by atoms with Crippen LogP contribution in [0.3, 0.4) is 0 Å². The van der Waals surface area contributed by atoms with Gasteiger partial charge in [-0.25, -0.2) is 18.2 Å². The Hall–Kier alpha value is -3.39. The van der Waals surface area contributed by atoms with Gasteiger partial charge in [0.15, 0.2) is 5.84 Å². The summed E-state index contributed by atoms with van der Waals surface area (Å²) in [6, 6.07) is 12.7. The fraction of sp³-hybridized carbons (Fsp3) is 0.143. The summed E-state index contributed by atoms with van der Waals surface area (Å²) in [6.45, 7) is 1.43. The summed E-state index contributed by atoms with van der Waals surface area (Å²) in [4.78, 5) is 8.33. The van der Waals surface area contributed by atoms with Crippen LogP contribution in [-0.2, 0) is 13.2 Å². The molecule has 0 amide bonds. The average molecular weight is 401 g/mol. The second-order valence-corrected chi connectivity index (χ2v) is 6.20. The number of nitrogens with one attached hydrogen (secondary N) is 1. The van der Waals surface area contributed by atoms with E-state index in [2.05, 4.69) is 9.98 Å². The Kier molecular flexibility index (Phi) is 6.46. The maximum absolute atomic E-state index is 13.8. The van der Waals surface area contributed by atoms with E-state index in [9.17, 15) is 18.4 Å². The molecule has 3 aromatic rings. The summed E-state index contributed by atoms with van der Waals surface area (Å²) in [7, 11) is 0. The molecule has 0 saturated carbocycles. The van der Waals surface area contributed by atoms with Crippen molar-refractivity contribution in [2.24, 2.45) is 4.99 Å². The zero-order chi connectivity index (χ0) is 20.8. The van der Waals surface area contributed by atoms with Gasteiger partial charge in [-0.3, -0.25) is 15.7 Å². The zero-order valence-electron chi connectivity index (χ0n) is 15.5. The van der Waals surface area contributed by atoms with Crippen LogP contribution < -0.4 is 10.2 Å². The average Bonchev–Trinajstić information content (AvgIpc) is 2.69. The Morgan fingerprint density at radius 2 is 1.79 bits per heavy atom. The lowest BCUT2D eigenvalue weighted by Gasteiger charge is -2.13. The number of pyridine rings is 1. The molecule has 1 heterocycles. The number of amidine groups is 1. The number of hydrogen-bond acceptors (Lipinski definition) is 4.